The predicted octanol–water partition coefficient (Wildman–Crippen LogP) is 4.72. The van der Waals surface area contributed by atoms with Crippen LogP contribution in [-0.2, 0) is 0 Å². The summed E-state index contributed by atoms with van der Waals surface area (Å²) in [5, 5.41) is 4.68. The maximum atomic E-state index is 15.1. The van der Waals surface area contributed by atoms with Gasteiger partial charge in [0.05, 0.1) is 10.9 Å². The minimum absolute atomic E-state index is 0.271. The third kappa shape index (κ3) is 2.62. The fourth-order valence-corrected chi connectivity index (χ4v) is 4.73. The van der Waals surface area contributed by atoms with Crippen molar-refractivity contribution in [3.8, 4) is 11.5 Å². The fourth-order valence-electron chi connectivity index (χ4n) is 4.73. The van der Waals surface area contributed by atoms with Gasteiger partial charge in [0.15, 0.2) is 11.3 Å². The molecule has 4 heterocycles. The number of benzene rings is 1. The van der Waals surface area contributed by atoms with E-state index >= 15 is 4.39 Å². The summed E-state index contributed by atoms with van der Waals surface area (Å²) in [7, 11) is 0. The van der Waals surface area contributed by atoms with Gasteiger partial charge in [-0.2, -0.15) is 4.98 Å². The summed E-state index contributed by atoms with van der Waals surface area (Å²) in [6.45, 7) is 4.37. The molecule has 0 amide bonds. The Balaban J connectivity index is 1.61. The summed E-state index contributed by atoms with van der Waals surface area (Å²) in [6, 6.07) is 5.70. The van der Waals surface area contributed by atoms with Crippen LogP contribution < -0.4 is 4.90 Å². The molecule has 1 aliphatic carbocycles. The zero-order chi connectivity index (χ0) is 20.4. The predicted molar refractivity (Wildman–Crippen MR) is 111 cm³/mol. The van der Waals surface area contributed by atoms with E-state index in [9.17, 15) is 0 Å². The first-order valence-electron chi connectivity index (χ1n) is 10.7. The molecule has 1 aromatic carbocycles. The molecule has 0 bridgehead atoms. The molecular weight excluding hydrogens is 383 g/mol. The van der Waals surface area contributed by atoms with E-state index in [4.69, 9.17) is 9.51 Å². The number of hydrogen-bond acceptors (Lipinski definition) is 6. The number of anilines is 1. The third-order valence-corrected chi connectivity index (χ3v) is 6.45. The number of fused-ring (bicyclic) bond motifs is 3. The Morgan fingerprint density at radius 2 is 1.87 bits per heavy atom. The number of rotatable bonds is 3. The number of hydrogen-bond donors (Lipinski definition) is 0. The molecule has 3 aromatic heterocycles. The average molecular weight is 406 g/mol. The van der Waals surface area contributed by atoms with Crippen LogP contribution in [0.3, 0.4) is 0 Å². The molecule has 2 fully saturated rings. The summed E-state index contributed by atoms with van der Waals surface area (Å²) in [5.74, 6) is 1.87. The van der Waals surface area contributed by atoms with Crippen LogP contribution >= 0.6 is 0 Å². The highest BCUT2D eigenvalue weighted by Gasteiger charge is 2.32. The molecule has 4 aromatic rings. The highest BCUT2D eigenvalue weighted by Crippen LogP contribution is 2.40. The van der Waals surface area contributed by atoms with E-state index < -0.39 is 0 Å². The average Bonchev–Trinajstić information content (AvgIpc) is 3.30. The van der Waals surface area contributed by atoms with E-state index in [1.165, 1.54) is 12.5 Å². The largest absolute Gasteiger partial charge is 0.350 e. The van der Waals surface area contributed by atoms with E-state index in [0.29, 0.717) is 40.2 Å². The lowest BCUT2D eigenvalue weighted by atomic mass is 9.97. The molecule has 7 nitrogen and oxygen atoms in total. The normalized spacial score (nSPS) is 22.3. The molecule has 1 saturated carbocycles. The van der Waals surface area contributed by atoms with Crippen molar-refractivity contribution in [2.24, 2.45) is 0 Å². The van der Waals surface area contributed by atoms with Crippen LogP contribution in [0, 0.1) is 5.82 Å². The Kier molecular flexibility index (Phi) is 3.85. The lowest BCUT2D eigenvalue weighted by Gasteiger charge is -2.40. The highest BCUT2D eigenvalue weighted by molar-refractivity contribution is 5.94. The number of aromatic nitrogens is 5. The van der Waals surface area contributed by atoms with Crippen LogP contribution in [-0.4, -0.2) is 36.6 Å². The Morgan fingerprint density at radius 1 is 1.07 bits per heavy atom. The first kappa shape index (κ1) is 17.8. The maximum Gasteiger partial charge on any atom is 0.230 e. The Bertz CT molecular complexity index is 1250. The Labute approximate surface area is 172 Å². The van der Waals surface area contributed by atoms with Gasteiger partial charge in [0.25, 0.3) is 0 Å². The molecule has 0 radical (unpaired) electrons. The molecule has 2 aliphatic rings. The van der Waals surface area contributed by atoms with Gasteiger partial charge in [-0.3, -0.25) is 4.40 Å². The van der Waals surface area contributed by atoms with Crippen molar-refractivity contribution in [2.75, 3.05) is 4.90 Å². The second-order valence-electron chi connectivity index (χ2n) is 8.62. The smallest absolute Gasteiger partial charge is 0.230 e. The number of halogens is 1. The number of piperidine rings is 1. The lowest BCUT2D eigenvalue weighted by molar-refractivity contribution is 0.380. The zero-order valence-corrected chi connectivity index (χ0v) is 17.0. The molecule has 30 heavy (non-hydrogen) atoms. The third-order valence-electron chi connectivity index (χ3n) is 6.45. The van der Waals surface area contributed by atoms with Gasteiger partial charge in [-0.1, -0.05) is 11.2 Å². The lowest BCUT2D eigenvalue weighted by Crippen LogP contribution is -2.44. The van der Waals surface area contributed by atoms with Gasteiger partial charge in [-0.15, -0.1) is 0 Å². The molecule has 1 saturated heterocycles. The van der Waals surface area contributed by atoms with Crippen molar-refractivity contribution >= 4 is 22.4 Å². The van der Waals surface area contributed by atoms with Crippen molar-refractivity contribution in [1.29, 1.82) is 0 Å². The minimum atomic E-state index is -0.271. The molecule has 0 N–H and O–H groups in total. The number of nitrogens with zero attached hydrogens (tertiary/aromatic N) is 6. The summed E-state index contributed by atoms with van der Waals surface area (Å²) >= 11 is 0. The zero-order valence-electron chi connectivity index (χ0n) is 17.0. The van der Waals surface area contributed by atoms with Crippen molar-refractivity contribution in [3.05, 3.63) is 36.2 Å². The van der Waals surface area contributed by atoms with E-state index in [0.717, 1.165) is 31.2 Å². The molecule has 1 aliphatic heterocycles. The van der Waals surface area contributed by atoms with Crippen LogP contribution in [0.4, 0.5) is 10.2 Å². The van der Waals surface area contributed by atoms with E-state index in [1.807, 2.05) is 10.5 Å². The van der Waals surface area contributed by atoms with Gasteiger partial charge in [0.1, 0.15) is 18.0 Å². The number of imidazole rings is 1. The van der Waals surface area contributed by atoms with Crippen molar-refractivity contribution in [2.45, 2.75) is 64.0 Å². The van der Waals surface area contributed by atoms with Crippen molar-refractivity contribution < 1.29 is 8.91 Å². The standard InChI is InChI=1S/C22H23FN6O/c1-12-5-3-6-13(2)29(12)20-17-15(23)7-4-8-16(17)28-11-24-18(21(28)26-20)19-25-22(30-27-19)14-9-10-14/h4,7-8,11-14H,3,5-6,9-10H2,1-2H3/t12-,13+. The second kappa shape index (κ2) is 6.48. The van der Waals surface area contributed by atoms with E-state index in [1.54, 1.807) is 12.4 Å². The second-order valence-corrected chi connectivity index (χ2v) is 8.62. The summed E-state index contributed by atoms with van der Waals surface area (Å²) in [5.41, 5.74) is 1.93. The summed E-state index contributed by atoms with van der Waals surface area (Å²) in [6.07, 6.45) is 7.14. The van der Waals surface area contributed by atoms with Gasteiger partial charge in [-0.25, -0.2) is 14.4 Å². The summed E-state index contributed by atoms with van der Waals surface area (Å²) < 4.78 is 22.3. The maximum absolute atomic E-state index is 15.1. The molecule has 6 rings (SSSR count). The van der Waals surface area contributed by atoms with Gasteiger partial charge >= 0.3 is 0 Å². The van der Waals surface area contributed by atoms with Crippen molar-refractivity contribution in [1.82, 2.24) is 24.5 Å². The van der Waals surface area contributed by atoms with E-state index in [-0.39, 0.29) is 17.9 Å². The quantitative estimate of drug-likeness (QED) is 0.490. The molecule has 8 heteroatoms. The van der Waals surface area contributed by atoms with Crippen molar-refractivity contribution in [3.63, 3.8) is 0 Å². The molecule has 154 valence electrons. The van der Waals surface area contributed by atoms with Crippen LogP contribution in [0.15, 0.2) is 29.0 Å². The van der Waals surface area contributed by atoms with Gasteiger partial charge in [-0.05, 0) is 58.1 Å². The first-order valence-corrected chi connectivity index (χ1v) is 10.7. The first-order chi connectivity index (χ1) is 14.6. The van der Waals surface area contributed by atoms with Gasteiger partial charge < -0.3 is 9.42 Å². The molecule has 0 spiro atoms. The van der Waals surface area contributed by atoms with Crippen LogP contribution in [0.2, 0.25) is 0 Å². The Morgan fingerprint density at radius 3 is 2.63 bits per heavy atom. The SMILES string of the molecule is C[C@@H]1CCC[C@H](C)N1c1nc2c(-c3noc(C4CC4)n3)ncn2c2cccc(F)c12. The fraction of sp³-hybridized carbons (Fsp3) is 0.455. The highest BCUT2D eigenvalue weighted by atomic mass is 19.1. The monoisotopic (exact) mass is 406 g/mol. The van der Waals surface area contributed by atoms with Gasteiger partial charge in [0.2, 0.25) is 11.7 Å². The topological polar surface area (TPSA) is 72.3 Å². The molecule has 2 atom stereocenters. The summed E-state index contributed by atoms with van der Waals surface area (Å²) in [4.78, 5) is 16.3. The molecule has 0 unspecified atom stereocenters. The van der Waals surface area contributed by atoms with Crippen LogP contribution in [0.5, 0.6) is 0 Å². The van der Waals surface area contributed by atoms with Crippen LogP contribution in [0.25, 0.3) is 28.1 Å². The van der Waals surface area contributed by atoms with E-state index in [2.05, 4.69) is 33.9 Å². The van der Waals surface area contributed by atoms with Crippen LogP contribution in [0.1, 0.15) is 57.8 Å². The molecular formula is C22H23FN6O. The minimum Gasteiger partial charge on any atom is -0.350 e. The van der Waals surface area contributed by atoms with Gasteiger partial charge in [0, 0.05) is 18.0 Å². The Hall–Kier alpha value is -3.03.